The van der Waals surface area contributed by atoms with Crippen LogP contribution in [0.15, 0.2) is 0 Å². The van der Waals surface area contributed by atoms with Gasteiger partial charge in [0.1, 0.15) is 0 Å². The van der Waals surface area contributed by atoms with Crippen molar-refractivity contribution in [3.8, 4) is 0 Å². The van der Waals surface area contributed by atoms with Crippen LogP contribution in [0.4, 0.5) is 0 Å². The van der Waals surface area contributed by atoms with Crippen LogP contribution in [0.2, 0.25) is 0 Å². The molecule has 0 nitrogen and oxygen atoms in total. The van der Waals surface area contributed by atoms with Crippen LogP contribution < -0.4 is 0 Å². The maximum Gasteiger partial charge on any atom is 0 e. The van der Waals surface area contributed by atoms with Gasteiger partial charge >= 0.3 is 46.1 Å². The minimum Gasteiger partial charge on any atom is 0 e. The third kappa shape index (κ3) is 8.86. The minimum absolute atomic E-state index is 0. The molecule has 0 aromatic carbocycles. The fourth-order valence-electron chi connectivity index (χ4n) is 0. The number of rotatable bonds is 0. The number of hydrogen-bond acceptors (Lipinski definition) is 0. The molecule has 4 heavy (non-hydrogen) atoms. The van der Waals surface area contributed by atoms with E-state index in [-0.39, 0.29) is 37.1 Å². The molecule has 0 amide bonds. The van der Waals surface area contributed by atoms with E-state index in [4.69, 9.17) is 0 Å². The SMILES string of the molecule is [AsH]=[AsH].[GeH4].[Zn]. The van der Waals surface area contributed by atoms with Crippen LogP contribution in [0.3, 0.4) is 0 Å². The Bertz CT molecular complexity index is 6.00. The fraction of sp³-hybridized carbons (Fsp3) is 0. The third-order valence-electron chi connectivity index (χ3n) is 0. The first-order valence-electron chi connectivity index (χ1n) is 0.250. The van der Waals surface area contributed by atoms with E-state index in [2.05, 4.69) is 0 Å². The van der Waals surface area contributed by atoms with Gasteiger partial charge in [-0.05, 0) is 0 Å². The van der Waals surface area contributed by atoms with Crippen LogP contribution in [-0.2, 0) is 19.5 Å². The first-order valence-corrected chi connectivity index (χ1v) is 6.75. The molecule has 0 unspecified atom stereocenters. The topological polar surface area (TPSA) is 0 Å². The van der Waals surface area contributed by atoms with Crippen LogP contribution in [-0.4, -0.2) is 46.1 Å². The summed E-state index contributed by atoms with van der Waals surface area (Å²) in [7, 11) is 0. The van der Waals surface area contributed by atoms with Crippen LogP contribution >= 0.6 is 0 Å². The quantitative estimate of drug-likeness (QED) is 0.425. The molecular weight excluding hydrogens is 288 g/mol. The molecule has 0 radical (unpaired) electrons. The molecule has 0 rings (SSSR count). The Morgan fingerprint density at radius 2 is 1.00 bits per heavy atom. The molecule has 0 spiro atoms. The predicted octanol–water partition coefficient (Wildman–Crippen LogP) is -2.75. The molecule has 0 aliphatic rings. The van der Waals surface area contributed by atoms with E-state index in [1.165, 1.54) is 0 Å². The number of hydrogen-bond donors (Lipinski definition) is 0. The van der Waals surface area contributed by atoms with Gasteiger partial charge in [0.25, 0.3) is 0 Å². The van der Waals surface area contributed by atoms with Gasteiger partial charge in [-0.25, -0.2) is 0 Å². The second-order valence-corrected chi connectivity index (χ2v) is 0. The normalized spacial score (nSPS) is 1.00. The standard InChI is InChI=1S/As2H2.GeH4.Zn/c1-2;;/h1-2H;1H4;. The zero-order chi connectivity index (χ0) is 2.00. The summed E-state index contributed by atoms with van der Waals surface area (Å²) in [5, 5.41) is 0. The van der Waals surface area contributed by atoms with Crippen molar-refractivity contribution in [1.29, 1.82) is 0 Å². The molecule has 0 aromatic rings. The summed E-state index contributed by atoms with van der Waals surface area (Å²) in [4.78, 5) is 0. The van der Waals surface area contributed by atoms with Crippen molar-refractivity contribution in [1.82, 2.24) is 0 Å². The summed E-state index contributed by atoms with van der Waals surface area (Å²) in [6.07, 6.45) is 0. The molecule has 22 valence electrons. The molecule has 0 aliphatic carbocycles. The Kier molecular flexibility index (Phi) is 75.6. The van der Waals surface area contributed by atoms with Crippen molar-refractivity contribution in [3.63, 3.8) is 0 Å². The Hall–Kier alpha value is 2.28. The molecule has 0 aliphatic heterocycles. The fourth-order valence-corrected chi connectivity index (χ4v) is 0. The monoisotopic (exact) mass is 294 g/mol. The minimum atomic E-state index is 0. The van der Waals surface area contributed by atoms with Crippen LogP contribution in [0, 0.1) is 0 Å². The average Bonchev–Trinajstić information content (AvgIpc) is 1.00. The molecule has 0 atom stereocenters. The van der Waals surface area contributed by atoms with Gasteiger partial charge in [-0.3, -0.25) is 0 Å². The van der Waals surface area contributed by atoms with E-state index < -0.39 is 0 Å². The van der Waals surface area contributed by atoms with Crippen LogP contribution in [0.25, 0.3) is 0 Å². The van der Waals surface area contributed by atoms with Crippen molar-refractivity contribution in [2.24, 2.45) is 0 Å². The Labute approximate surface area is 64.8 Å². The summed E-state index contributed by atoms with van der Waals surface area (Å²) >= 11 is 4.00. The predicted molar refractivity (Wildman–Crippen MR) is 25.6 cm³/mol. The zero-order valence-electron chi connectivity index (χ0n) is 1.71. The Morgan fingerprint density at radius 3 is 1.00 bits per heavy atom. The molecule has 4 heteroatoms. The largest absolute Gasteiger partial charge is 0 e. The van der Waals surface area contributed by atoms with E-state index >= 15 is 0 Å². The van der Waals surface area contributed by atoms with Crippen molar-refractivity contribution in [2.45, 2.75) is 0 Å². The van der Waals surface area contributed by atoms with Gasteiger partial charge in [0.05, 0.1) is 0 Å². The molecule has 0 N–H and O–H groups in total. The molecule has 0 bridgehead atoms. The molecular formula is H6As2GeZn. The van der Waals surface area contributed by atoms with E-state index in [0.717, 1.165) is 0 Å². The molecule has 0 saturated heterocycles. The van der Waals surface area contributed by atoms with E-state index in [1.807, 2.05) is 28.5 Å². The second-order valence-electron chi connectivity index (χ2n) is 0. The maximum absolute atomic E-state index is 2.00. The van der Waals surface area contributed by atoms with Crippen molar-refractivity contribution >= 4 is 46.1 Å². The third-order valence-corrected chi connectivity index (χ3v) is 0. The molecule has 0 heterocycles. The van der Waals surface area contributed by atoms with Crippen molar-refractivity contribution in [3.05, 3.63) is 0 Å². The van der Waals surface area contributed by atoms with Crippen molar-refractivity contribution < 1.29 is 19.5 Å². The van der Waals surface area contributed by atoms with Crippen LogP contribution in [0.5, 0.6) is 0 Å². The van der Waals surface area contributed by atoms with Gasteiger partial charge < -0.3 is 0 Å². The summed E-state index contributed by atoms with van der Waals surface area (Å²) in [5.41, 5.74) is 0. The average molecular weight is 294 g/mol. The molecule has 0 fully saturated rings. The smallest absolute Gasteiger partial charge is 0 e. The first kappa shape index (κ1) is 16.3. The first-order chi connectivity index (χ1) is 1.00. The second kappa shape index (κ2) is 18.6. The van der Waals surface area contributed by atoms with Crippen LogP contribution in [0.1, 0.15) is 0 Å². The van der Waals surface area contributed by atoms with Gasteiger partial charge in [0.15, 0.2) is 0 Å². The van der Waals surface area contributed by atoms with Gasteiger partial charge in [0, 0.05) is 19.5 Å². The van der Waals surface area contributed by atoms with Gasteiger partial charge in [-0.15, -0.1) is 0 Å². The zero-order valence-corrected chi connectivity index (χ0v) is 8.87. The van der Waals surface area contributed by atoms with Crippen molar-refractivity contribution in [2.75, 3.05) is 0 Å². The van der Waals surface area contributed by atoms with E-state index in [1.54, 1.807) is 0 Å². The van der Waals surface area contributed by atoms with Gasteiger partial charge in [-0.2, -0.15) is 0 Å². The summed E-state index contributed by atoms with van der Waals surface area (Å²) in [5.74, 6) is 0. The van der Waals surface area contributed by atoms with Gasteiger partial charge in [-0.1, -0.05) is 0 Å². The summed E-state index contributed by atoms with van der Waals surface area (Å²) < 4.78 is 0. The molecule has 0 aromatic heterocycles. The Balaban J connectivity index is -0.00000000500. The maximum atomic E-state index is 2.00. The van der Waals surface area contributed by atoms with E-state index in [0.29, 0.717) is 0 Å². The Morgan fingerprint density at radius 1 is 1.00 bits per heavy atom. The summed E-state index contributed by atoms with van der Waals surface area (Å²) in [6.45, 7) is 0. The molecule has 0 saturated carbocycles. The summed E-state index contributed by atoms with van der Waals surface area (Å²) in [6, 6.07) is 0. The van der Waals surface area contributed by atoms with E-state index in [9.17, 15) is 0 Å². The van der Waals surface area contributed by atoms with Gasteiger partial charge in [0.2, 0.25) is 0 Å².